The highest BCUT2D eigenvalue weighted by Gasteiger charge is 2.55. The van der Waals surface area contributed by atoms with Gasteiger partial charge in [-0.1, -0.05) is 46.8 Å². The lowest BCUT2D eigenvalue weighted by atomic mass is 9.77. The molecule has 0 unspecified atom stereocenters. The Labute approximate surface area is 373 Å². The molecule has 0 aromatic heterocycles. The standard InChI is InChI=1S/C47H80O16/c1-10-32(48)21-33-27(3)15-19-46(62-33)23-35-28(4)36(63-46)24-47(56)31(20-26(2)25-58-47)14-12-11-13-17-44(7,54)43(53)41(61-38-22-34(57-9)40(51)30(6)59-38)39(50)29(5)42(52)45(8,55)18-16-37(49)60-35/h12,14,16,18,26-36,38-43,48,50-56H,10-11,13,15,17,19-25H2,1-9H3/t26-,27-,28+,29+,30-,31+,32-,33-,34-,35+,36+,38+,39-,40+,41-,42+,43-,44+,45-,46-,47+/m0/s1. The topological polar surface area (TPSA) is 244 Å². The third kappa shape index (κ3) is 12.7. The van der Waals surface area contributed by atoms with Crippen LogP contribution in [-0.4, -0.2) is 157 Å². The van der Waals surface area contributed by atoms with Crippen molar-refractivity contribution in [3.8, 4) is 0 Å². The first-order chi connectivity index (χ1) is 29.4. The minimum absolute atomic E-state index is 0.0294. The quantitative estimate of drug-likeness (QED) is 0.141. The van der Waals surface area contributed by atoms with Gasteiger partial charge in [0, 0.05) is 56.6 Å². The molecule has 63 heavy (non-hydrogen) atoms. The van der Waals surface area contributed by atoms with Gasteiger partial charge in [-0.3, -0.25) is 0 Å². The molecule has 2 bridgehead atoms. The molecule has 0 aromatic carbocycles. The van der Waals surface area contributed by atoms with Gasteiger partial charge in [0.05, 0.1) is 54.9 Å². The number of methoxy groups -OCH3 is 1. The van der Waals surface area contributed by atoms with Crippen molar-refractivity contribution in [3.05, 3.63) is 24.3 Å². The van der Waals surface area contributed by atoms with Gasteiger partial charge in [0.15, 0.2) is 17.9 Å². The van der Waals surface area contributed by atoms with E-state index in [-0.39, 0.29) is 43.6 Å². The fourth-order valence-corrected chi connectivity index (χ4v) is 10.1. The smallest absolute Gasteiger partial charge is 0.330 e. The summed E-state index contributed by atoms with van der Waals surface area (Å²) in [4.78, 5) is 13.7. The zero-order chi connectivity index (χ0) is 46.7. The summed E-state index contributed by atoms with van der Waals surface area (Å²) in [5.74, 6) is -5.51. The molecule has 8 N–H and O–H groups in total. The van der Waals surface area contributed by atoms with Gasteiger partial charge in [-0.2, -0.15) is 0 Å². The SMILES string of the molecule is CC[C@H](O)C[C@@H]1O[C@]2(CC[C@@H]1C)C[C@H]1OC(=O)C=C[C@](C)(O)[C@H](O)[C@H](C)[C@H](O)[C@H](O[C@@H]3C[C@H](OC)[C@H](O)[C@H](C)O3)[C@H](O)[C@](C)(O)CCCC=C[C@@H]3C[C@H](C)CO[C@]3(O)C[C@@H](O2)[C@@H]1C. The van der Waals surface area contributed by atoms with E-state index < -0.39 is 114 Å². The molecule has 16 heteroatoms. The molecule has 0 saturated carbocycles. The average molecular weight is 901 g/mol. The highest BCUT2D eigenvalue weighted by atomic mass is 16.7. The van der Waals surface area contributed by atoms with Crippen molar-refractivity contribution in [2.24, 2.45) is 29.6 Å². The third-order valence-corrected chi connectivity index (χ3v) is 14.8. The molecule has 0 amide bonds. The summed E-state index contributed by atoms with van der Waals surface area (Å²) in [5, 5.41) is 92.3. The maximum Gasteiger partial charge on any atom is 0.330 e. The minimum Gasteiger partial charge on any atom is -0.459 e. The molecule has 5 rings (SSSR count). The molecule has 4 saturated heterocycles. The van der Waals surface area contributed by atoms with E-state index in [1.165, 1.54) is 27.9 Å². The van der Waals surface area contributed by atoms with Crippen LogP contribution in [0.25, 0.3) is 0 Å². The second kappa shape index (κ2) is 21.6. The number of carbonyl (C=O) groups is 1. The molecule has 5 aliphatic rings. The molecule has 21 atom stereocenters. The second-order valence-corrected chi connectivity index (χ2v) is 20.2. The van der Waals surface area contributed by atoms with Gasteiger partial charge in [-0.15, -0.1) is 0 Å². The fraction of sp³-hybridized carbons (Fsp3) is 0.894. The number of ether oxygens (including phenoxy) is 7. The van der Waals surface area contributed by atoms with E-state index in [4.69, 9.17) is 33.2 Å². The van der Waals surface area contributed by atoms with Crippen LogP contribution in [0.5, 0.6) is 0 Å². The molecule has 0 aliphatic carbocycles. The third-order valence-electron chi connectivity index (χ3n) is 14.8. The number of aliphatic hydroxyl groups is 8. The van der Waals surface area contributed by atoms with E-state index in [2.05, 4.69) is 6.92 Å². The zero-order valence-corrected chi connectivity index (χ0v) is 39.0. The van der Waals surface area contributed by atoms with Crippen molar-refractivity contribution in [1.82, 2.24) is 0 Å². The Balaban J connectivity index is 1.49. The lowest BCUT2D eigenvalue weighted by molar-refractivity contribution is -0.362. The highest BCUT2D eigenvalue weighted by molar-refractivity contribution is 5.82. The van der Waals surface area contributed by atoms with Crippen molar-refractivity contribution in [2.45, 2.75) is 222 Å². The second-order valence-electron chi connectivity index (χ2n) is 20.2. The van der Waals surface area contributed by atoms with Crippen LogP contribution in [-0.2, 0) is 38.0 Å². The van der Waals surface area contributed by atoms with Gasteiger partial charge in [0.2, 0.25) is 0 Å². The average Bonchev–Trinajstić information content (AvgIpc) is 3.23. The van der Waals surface area contributed by atoms with Crippen LogP contribution in [0.15, 0.2) is 24.3 Å². The van der Waals surface area contributed by atoms with E-state index in [1.807, 2.05) is 32.9 Å². The van der Waals surface area contributed by atoms with Crippen molar-refractivity contribution >= 4 is 5.97 Å². The lowest BCUT2D eigenvalue weighted by Gasteiger charge is -2.53. The first-order valence-corrected chi connectivity index (χ1v) is 23.4. The Bertz CT molecular complexity index is 1520. The lowest BCUT2D eigenvalue weighted by Crippen LogP contribution is -2.59. The van der Waals surface area contributed by atoms with Gasteiger partial charge in [-0.05, 0) is 83.6 Å². The first kappa shape index (κ1) is 52.4. The predicted molar refractivity (Wildman–Crippen MR) is 229 cm³/mol. The van der Waals surface area contributed by atoms with E-state index >= 15 is 0 Å². The summed E-state index contributed by atoms with van der Waals surface area (Å²) >= 11 is 0. The van der Waals surface area contributed by atoms with E-state index in [0.717, 1.165) is 18.6 Å². The Morgan fingerprint density at radius 1 is 0.905 bits per heavy atom. The number of aliphatic hydroxyl groups excluding tert-OH is 5. The van der Waals surface area contributed by atoms with E-state index in [0.29, 0.717) is 45.1 Å². The maximum absolute atomic E-state index is 13.7. The van der Waals surface area contributed by atoms with Crippen LogP contribution in [0.3, 0.4) is 0 Å². The van der Waals surface area contributed by atoms with Crippen LogP contribution in [0.1, 0.15) is 126 Å². The van der Waals surface area contributed by atoms with Crippen molar-refractivity contribution in [2.75, 3.05) is 13.7 Å². The summed E-state index contributed by atoms with van der Waals surface area (Å²) in [6.07, 6.45) is -2.72. The first-order valence-electron chi connectivity index (χ1n) is 23.4. The van der Waals surface area contributed by atoms with Crippen LogP contribution in [0.4, 0.5) is 0 Å². The summed E-state index contributed by atoms with van der Waals surface area (Å²) in [5.41, 5.74) is -3.97. The van der Waals surface area contributed by atoms with Gasteiger partial charge in [0.1, 0.15) is 30.0 Å². The van der Waals surface area contributed by atoms with Crippen LogP contribution in [0.2, 0.25) is 0 Å². The molecule has 5 heterocycles. The monoisotopic (exact) mass is 901 g/mol. The number of esters is 1. The normalized spacial score (nSPS) is 49.3. The molecule has 0 radical (unpaired) electrons. The minimum atomic E-state index is -2.13. The Kier molecular flexibility index (Phi) is 17.9. The highest BCUT2D eigenvalue weighted by Crippen LogP contribution is 2.48. The van der Waals surface area contributed by atoms with Crippen molar-refractivity contribution < 1.29 is 78.8 Å². The molecular formula is C47H80O16. The number of hydrogen-bond donors (Lipinski definition) is 8. The number of allylic oxidation sites excluding steroid dienone is 1. The van der Waals surface area contributed by atoms with Crippen LogP contribution in [0, 0.1) is 29.6 Å². The number of fused-ring (bicyclic) bond motifs is 3. The summed E-state index contributed by atoms with van der Waals surface area (Å²) < 4.78 is 43.6. The zero-order valence-electron chi connectivity index (χ0n) is 39.0. The van der Waals surface area contributed by atoms with Gasteiger partial charge < -0.3 is 74.0 Å². The van der Waals surface area contributed by atoms with Crippen LogP contribution >= 0.6 is 0 Å². The van der Waals surface area contributed by atoms with E-state index in [1.54, 1.807) is 6.92 Å². The summed E-state index contributed by atoms with van der Waals surface area (Å²) in [7, 11) is 1.43. The number of rotatable bonds is 6. The Morgan fingerprint density at radius 2 is 1.62 bits per heavy atom. The van der Waals surface area contributed by atoms with Crippen molar-refractivity contribution in [1.29, 1.82) is 0 Å². The van der Waals surface area contributed by atoms with Gasteiger partial charge in [-0.25, -0.2) is 4.79 Å². The Hall–Kier alpha value is -1.61. The molecule has 16 nitrogen and oxygen atoms in total. The molecule has 364 valence electrons. The van der Waals surface area contributed by atoms with Gasteiger partial charge in [0.25, 0.3) is 0 Å². The predicted octanol–water partition coefficient (Wildman–Crippen LogP) is 3.16. The number of hydrogen-bond acceptors (Lipinski definition) is 16. The largest absolute Gasteiger partial charge is 0.459 e. The molecule has 1 spiro atoms. The van der Waals surface area contributed by atoms with Crippen LogP contribution < -0.4 is 0 Å². The molecule has 4 fully saturated rings. The van der Waals surface area contributed by atoms with Crippen molar-refractivity contribution in [3.63, 3.8) is 0 Å². The molecule has 5 aliphatic heterocycles. The Morgan fingerprint density at radius 3 is 2.30 bits per heavy atom. The maximum atomic E-state index is 13.7. The molecule has 0 aromatic rings. The van der Waals surface area contributed by atoms with E-state index in [9.17, 15) is 45.6 Å². The molecular weight excluding hydrogens is 821 g/mol. The summed E-state index contributed by atoms with van der Waals surface area (Å²) in [6, 6.07) is 0. The fourth-order valence-electron chi connectivity index (χ4n) is 10.1. The number of carbonyl (C=O) groups excluding carboxylic acids is 1. The van der Waals surface area contributed by atoms with Gasteiger partial charge >= 0.3 is 5.97 Å². The summed E-state index contributed by atoms with van der Waals surface area (Å²) in [6.45, 7) is 14.0.